The second kappa shape index (κ2) is 5.99. The number of hydrogen-bond acceptors (Lipinski definition) is 5. The quantitative estimate of drug-likeness (QED) is 0.787. The zero-order chi connectivity index (χ0) is 15.4. The van der Waals surface area contributed by atoms with Gasteiger partial charge in [0.25, 0.3) is 0 Å². The van der Waals surface area contributed by atoms with Crippen LogP contribution in [0.15, 0.2) is 22.7 Å². The van der Waals surface area contributed by atoms with Crippen LogP contribution >= 0.6 is 0 Å². The minimum absolute atomic E-state index is 0.0373. The number of aromatic nitrogens is 2. The first-order valence-corrected chi connectivity index (χ1v) is 5.83. The van der Waals surface area contributed by atoms with Crippen molar-refractivity contribution >= 4 is 17.7 Å². The molecule has 0 unspecified atom stereocenters. The second-order valence-electron chi connectivity index (χ2n) is 4.01. The van der Waals surface area contributed by atoms with Gasteiger partial charge in [0.15, 0.2) is 5.82 Å². The molecule has 2 amide bonds. The lowest BCUT2D eigenvalue weighted by atomic mass is 10.1. The summed E-state index contributed by atoms with van der Waals surface area (Å²) in [5.74, 6) is -1.80. The van der Waals surface area contributed by atoms with Crippen LogP contribution in [-0.4, -0.2) is 27.2 Å². The Balaban J connectivity index is 2.03. The lowest BCUT2D eigenvalue weighted by Gasteiger charge is -2.09. The third-order valence-corrected chi connectivity index (χ3v) is 2.45. The molecule has 2 rings (SSSR count). The molecule has 21 heavy (non-hydrogen) atoms. The molecule has 0 atom stereocenters. The van der Waals surface area contributed by atoms with Crippen molar-refractivity contribution in [1.82, 2.24) is 15.5 Å². The number of carbonyl (C=O) groups excluding carboxylic acids is 1. The van der Waals surface area contributed by atoms with Crippen molar-refractivity contribution < 1.29 is 23.6 Å². The van der Waals surface area contributed by atoms with E-state index in [0.29, 0.717) is 5.82 Å². The van der Waals surface area contributed by atoms with Gasteiger partial charge in [-0.15, -0.1) is 0 Å². The number of rotatable bonds is 4. The van der Waals surface area contributed by atoms with Gasteiger partial charge in [-0.25, -0.2) is 14.0 Å². The molecule has 0 saturated carbocycles. The molecule has 0 spiro atoms. The normalized spacial score (nSPS) is 10.2. The molecule has 2 aromatic rings. The molecule has 1 aromatic carbocycles. The Labute approximate surface area is 118 Å². The van der Waals surface area contributed by atoms with Crippen LogP contribution in [0.3, 0.4) is 0 Å². The average Bonchev–Trinajstić information content (AvgIpc) is 2.82. The SMILES string of the molecule is Cc1noc(CNC(=O)Nc2cccc(F)c2C(=O)O)n1. The number of aromatic carboxylic acids is 1. The fraction of sp³-hybridized carbons (Fsp3) is 0.167. The Kier molecular flexibility index (Phi) is 4.12. The zero-order valence-corrected chi connectivity index (χ0v) is 10.9. The van der Waals surface area contributed by atoms with Crippen LogP contribution in [0.25, 0.3) is 0 Å². The molecule has 1 aromatic heterocycles. The van der Waals surface area contributed by atoms with Crippen molar-refractivity contribution in [3.05, 3.63) is 41.3 Å². The second-order valence-corrected chi connectivity index (χ2v) is 4.01. The highest BCUT2D eigenvalue weighted by Crippen LogP contribution is 2.18. The molecule has 110 valence electrons. The summed E-state index contributed by atoms with van der Waals surface area (Å²) in [5, 5.41) is 17.1. The number of benzene rings is 1. The summed E-state index contributed by atoms with van der Waals surface area (Å²) in [6.45, 7) is 1.59. The fourth-order valence-corrected chi connectivity index (χ4v) is 1.58. The van der Waals surface area contributed by atoms with Crippen LogP contribution < -0.4 is 10.6 Å². The summed E-state index contributed by atoms with van der Waals surface area (Å²) in [6, 6.07) is 2.84. The first-order chi connectivity index (χ1) is 9.97. The Hall–Kier alpha value is -2.97. The van der Waals surface area contributed by atoms with Crippen molar-refractivity contribution in [3.8, 4) is 0 Å². The van der Waals surface area contributed by atoms with E-state index in [2.05, 4.69) is 20.8 Å². The number of anilines is 1. The number of halogens is 1. The lowest BCUT2D eigenvalue weighted by Crippen LogP contribution is -2.29. The van der Waals surface area contributed by atoms with Crippen molar-refractivity contribution in [2.45, 2.75) is 13.5 Å². The summed E-state index contributed by atoms with van der Waals surface area (Å²) in [6.07, 6.45) is 0. The Morgan fingerprint density at radius 2 is 2.19 bits per heavy atom. The van der Waals surface area contributed by atoms with E-state index in [9.17, 15) is 14.0 Å². The van der Waals surface area contributed by atoms with Crippen molar-refractivity contribution in [1.29, 1.82) is 0 Å². The van der Waals surface area contributed by atoms with Crippen LogP contribution in [0.1, 0.15) is 22.1 Å². The predicted octanol–water partition coefficient (Wildman–Crippen LogP) is 1.54. The summed E-state index contributed by atoms with van der Waals surface area (Å²) in [4.78, 5) is 26.5. The van der Waals surface area contributed by atoms with Crippen molar-refractivity contribution in [2.75, 3.05) is 5.32 Å². The van der Waals surface area contributed by atoms with Gasteiger partial charge in [-0.3, -0.25) is 0 Å². The largest absolute Gasteiger partial charge is 0.478 e. The van der Waals surface area contributed by atoms with Crippen LogP contribution in [0.4, 0.5) is 14.9 Å². The van der Waals surface area contributed by atoms with Crippen LogP contribution in [0, 0.1) is 12.7 Å². The van der Waals surface area contributed by atoms with E-state index < -0.39 is 23.4 Å². The number of urea groups is 1. The number of carbonyl (C=O) groups is 2. The number of nitrogens with zero attached hydrogens (tertiary/aromatic N) is 2. The smallest absolute Gasteiger partial charge is 0.340 e. The number of carboxylic acids is 1. The van der Waals surface area contributed by atoms with E-state index in [1.54, 1.807) is 6.92 Å². The van der Waals surface area contributed by atoms with E-state index in [1.165, 1.54) is 12.1 Å². The molecule has 0 aliphatic carbocycles. The van der Waals surface area contributed by atoms with Gasteiger partial charge in [-0.2, -0.15) is 4.98 Å². The zero-order valence-electron chi connectivity index (χ0n) is 10.9. The van der Waals surface area contributed by atoms with E-state index in [0.717, 1.165) is 6.07 Å². The molecular weight excluding hydrogens is 283 g/mol. The molecule has 3 N–H and O–H groups in total. The maximum atomic E-state index is 13.4. The topological polar surface area (TPSA) is 117 Å². The number of amides is 2. The van der Waals surface area contributed by atoms with E-state index in [1.807, 2.05) is 0 Å². The summed E-state index contributed by atoms with van der Waals surface area (Å²) in [5.41, 5.74) is -0.761. The number of aryl methyl sites for hydroxylation is 1. The highest BCUT2D eigenvalue weighted by Gasteiger charge is 2.17. The van der Waals surface area contributed by atoms with Crippen LogP contribution in [0.5, 0.6) is 0 Å². The standard InChI is InChI=1S/C12H11FN4O4/c1-6-15-9(21-17-6)5-14-12(20)16-8-4-2-3-7(13)10(8)11(18)19/h2-4H,5H2,1H3,(H,18,19)(H2,14,16,20). The molecule has 1 heterocycles. The lowest BCUT2D eigenvalue weighted by molar-refractivity contribution is 0.0693. The number of hydrogen-bond donors (Lipinski definition) is 3. The van der Waals surface area contributed by atoms with Gasteiger partial charge >= 0.3 is 12.0 Å². The van der Waals surface area contributed by atoms with Crippen LogP contribution in [-0.2, 0) is 6.54 Å². The molecule has 0 bridgehead atoms. The first kappa shape index (κ1) is 14.4. The molecule has 0 saturated heterocycles. The predicted molar refractivity (Wildman–Crippen MR) is 68.3 cm³/mol. The minimum atomic E-state index is -1.48. The molecule has 9 heteroatoms. The highest BCUT2D eigenvalue weighted by atomic mass is 19.1. The summed E-state index contributed by atoms with van der Waals surface area (Å²) in [7, 11) is 0. The molecule has 0 aliphatic heterocycles. The van der Waals surface area contributed by atoms with Crippen molar-refractivity contribution in [3.63, 3.8) is 0 Å². The first-order valence-electron chi connectivity index (χ1n) is 5.83. The van der Waals surface area contributed by atoms with Crippen LogP contribution in [0.2, 0.25) is 0 Å². The third kappa shape index (κ3) is 3.53. The van der Waals surface area contributed by atoms with E-state index >= 15 is 0 Å². The van der Waals surface area contributed by atoms with Gasteiger partial charge in [0.05, 0.1) is 12.2 Å². The number of carboxylic acid groups (broad SMARTS) is 1. The maximum Gasteiger partial charge on any atom is 0.340 e. The van der Waals surface area contributed by atoms with E-state index in [4.69, 9.17) is 9.63 Å². The summed E-state index contributed by atoms with van der Waals surface area (Å²) >= 11 is 0. The Bertz CT molecular complexity index is 686. The van der Waals surface area contributed by atoms with E-state index in [-0.39, 0.29) is 18.1 Å². The van der Waals surface area contributed by atoms with Gasteiger partial charge in [0.1, 0.15) is 11.4 Å². The van der Waals surface area contributed by atoms with Gasteiger partial charge in [0, 0.05) is 0 Å². The van der Waals surface area contributed by atoms with Crippen molar-refractivity contribution in [2.24, 2.45) is 0 Å². The Morgan fingerprint density at radius 1 is 1.43 bits per heavy atom. The number of nitrogens with one attached hydrogen (secondary N) is 2. The monoisotopic (exact) mass is 294 g/mol. The fourth-order valence-electron chi connectivity index (χ4n) is 1.58. The molecular formula is C12H11FN4O4. The van der Waals surface area contributed by atoms with Gasteiger partial charge in [-0.05, 0) is 19.1 Å². The molecule has 0 aliphatic rings. The third-order valence-electron chi connectivity index (χ3n) is 2.45. The summed E-state index contributed by atoms with van der Waals surface area (Å²) < 4.78 is 18.2. The molecule has 8 nitrogen and oxygen atoms in total. The molecule has 0 fully saturated rings. The minimum Gasteiger partial charge on any atom is -0.478 e. The molecule has 0 radical (unpaired) electrons. The highest BCUT2D eigenvalue weighted by molar-refractivity contribution is 6.00. The maximum absolute atomic E-state index is 13.4. The average molecular weight is 294 g/mol. The van der Waals surface area contributed by atoms with Gasteiger partial charge in [-0.1, -0.05) is 11.2 Å². The van der Waals surface area contributed by atoms with Gasteiger partial charge in [0.2, 0.25) is 5.89 Å². The Morgan fingerprint density at radius 3 is 2.81 bits per heavy atom. The van der Waals surface area contributed by atoms with Gasteiger partial charge < -0.3 is 20.3 Å².